The smallest absolute Gasteiger partial charge is 0.316 e. The summed E-state index contributed by atoms with van der Waals surface area (Å²) in [5.74, 6) is -3.37. The second-order valence-electron chi connectivity index (χ2n) is 10.9. The SMILES string of the molecule is COC(=O)[C@@]1(C)[C@@H](OC(C)=O)CC[C@@]2(C)[C@H]1C(=O)[C@H](O)[C@H]1[C@@H](C)/C(=C/C(=O)N(C)CCO)CC[C@@H]12. The van der Waals surface area contributed by atoms with Crippen LogP contribution < -0.4 is 0 Å². The molecule has 0 unspecified atom stereocenters. The molecule has 196 valence electrons. The predicted molar refractivity (Wildman–Crippen MR) is 126 cm³/mol. The van der Waals surface area contributed by atoms with Gasteiger partial charge < -0.3 is 24.6 Å². The molecule has 0 radical (unpaired) electrons. The van der Waals surface area contributed by atoms with Gasteiger partial charge in [0, 0.05) is 38.4 Å². The van der Waals surface area contributed by atoms with Crippen LogP contribution in [0.2, 0.25) is 0 Å². The van der Waals surface area contributed by atoms with E-state index < -0.39 is 52.6 Å². The molecule has 3 fully saturated rings. The average Bonchev–Trinajstić information content (AvgIpc) is 2.80. The Kier molecular flexibility index (Phi) is 7.82. The highest BCUT2D eigenvalue weighted by Gasteiger charge is 2.69. The Morgan fingerprint density at radius 2 is 1.89 bits per heavy atom. The molecule has 9 heteroatoms. The third-order valence-electron chi connectivity index (χ3n) is 9.09. The molecule has 9 nitrogen and oxygen atoms in total. The van der Waals surface area contributed by atoms with Crippen LogP contribution in [0.15, 0.2) is 11.6 Å². The number of Topliss-reactive ketones (excluding diaryl/α,β-unsaturated/α-hetero) is 1. The number of esters is 2. The van der Waals surface area contributed by atoms with Crippen molar-refractivity contribution in [1.82, 2.24) is 4.90 Å². The molecule has 3 rings (SSSR count). The van der Waals surface area contributed by atoms with Crippen molar-refractivity contribution >= 4 is 23.6 Å². The maximum absolute atomic E-state index is 13.8. The van der Waals surface area contributed by atoms with Crippen LogP contribution in [0.5, 0.6) is 0 Å². The van der Waals surface area contributed by atoms with E-state index in [4.69, 9.17) is 14.6 Å². The second kappa shape index (κ2) is 10.0. The number of methoxy groups -OCH3 is 1. The first kappa shape index (κ1) is 27.3. The van der Waals surface area contributed by atoms with Crippen LogP contribution in [-0.2, 0) is 28.7 Å². The number of hydrogen-bond acceptors (Lipinski definition) is 8. The van der Waals surface area contributed by atoms with Crippen molar-refractivity contribution in [3.05, 3.63) is 11.6 Å². The Morgan fingerprint density at radius 3 is 2.46 bits per heavy atom. The maximum atomic E-state index is 13.8. The third kappa shape index (κ3) is 4.42. The molecule has 0 aromatic rings. The van der Waals surface area contributed by atoms with Gasteiger partial charge in [-0.05, 0) is 49.9 Å². The highest BCUT2D eigenvalue weighted by atomic mass is 16.6. The van der Waals surface area contributed by atoms with Crippen molar-refractivity contribution in [1.29, 1.82) is 0 Å². The molecule has 0 aromatic heterocycles. The summed E-state index contributed by atoms with van der Waals surface area (Å²) in [5.41, 5.74) is -1.16. The van der Waals surface area contributed by atoms with E-state index in [1.165, 1.54) is 18.9 Å². The molecule has 3 aliphatic rings. The van der Waals surface area contributed by atoms with Gasteiger partial charge in [-0.25, -0.2) is 0 Å². The molecular weight excluding hydrogens is 454 g/mol. The van der Waals surface area contributed by atoms with Gasteiger partial charge in [0.05, 0.1) is 13.7 Å². The third-order valence-corrected chi connectivity index (χ3v) is 9.09. The van der Waals surface area contributed by atoms with Gasteiger partial charge in [0.2, 0.25) is 5.91 Å². The molecule has 3 saturated carbocycles. The van der Waals surface area contributed by atoms with Gasteiger partial charge in [-0.1, -0.05) is 19.4 Å². The average molecular weight is 494 g/mol. The van der Waals surface area contributed by atoms with Crippen LogP contribution in [0, 0.1) is 34.5 Å². The Balaban J connectivity index is 2.01. The number of fused-ring (bicyclic) bond motifs is 3. The minimum atomic E-state index is -1.42. The number of likely N-dealkylation sites (N-methyl/N-ethyl adjacent to an activating group) is 1. The van der Waals surface area contributed by atoms with Crippen LogP contribution in [-0.4, -0.2) is 78.3 Å². The van der Waals surface area contributed by atoms with Crippen molar-refractivity contribution in [3.8, 4) is 0 Å². The van der Waals surface area contributed by atoms with Crippen LogP contribution in [0.25, 0.3) is 0 Å². The topological polar surface area (TPSA) is 130 Å². The minimum Gasteiger partial charge on any atom is -0.468 e. The number of aliphatic hydroxyl groups is 2. The molecule has 0 heterocycles. The predicted octanol–water partition coefficient (Wildman–Crippen LogP) is 1.50. The first-order valence-corrected chi connectivity index (χ1v) is 12.4. The van der Waals surface area contributed by atoms with E-state index in [2.05, 4.69) is 0 Å². The lowest BCUT2D eigenvalue weighted by atomic mass is 9.41. The second-order valence-corrected chi connectivity index (χ2v) is 10.9. The van der Waals surface area contributed by atoms with Crippen LogP contribution in [0.4, 0.5) is 0 Å². The van der Waals surface area contributed by atoms with E-state index in [9.17, 15) is 24.3 Å². The summed E-state index contributed by atoms with van der Waals surface area (Å²) < 4.78 is 10.6. The summed E-state index contributed by atoms with van der Waals surface area (Å²) in [6.45, 7) is 6.92. The lowest BCUT2D eigenvalue weighted by molar-refractivity contribution is -0.215. The molecule has 35 heavy (non-hydrogen) atoms. The number of ketones is 1. The van der Waals surface area contributed by atoms with Gasteiger partial charge in [0.25, 0.3) is 0 Å². The highest BCUT2D eigenvalue weighted by molar-refractivity contribution is 5.94. The molecule has 8 atom stereocenters. The lowest BCUT2D eigenvalue weighted by Crippen LogP contribution is -2.68. The number of hydrogen-bond donors (Lipinski definition) is 2. The van der Waals surface area contributed by atoms with Crippen LogP contribution >= 0.6 is 0 Å². The number of amides is 1. The fraction of sp³-hybridized carbons (Fsp3) is 0.769. The van der Waals surface area contributed by atoms with Crippen LogP contribution in [0.3, 0.4) is 0 Å². The Bertz CT molecular complexity index is 915. The Labute approximate surface area is 206 Å². The summed E-state index contributed by atoms with van der Waals surface area (Å²) >= 11 is 0. The molecule has 3 aliphatic carbocycles. The summed E-state index contributed by atoms with van der Waals surface area (Å²) in [6, 6.07) is 0. The lowest BCUT2D eigenvalue weighted by Gasteiger charge is -2.62. The van der Waals surface area contributed by atoms with Crippen molar-refractivity contribution in [2.75, 3.05) is 27.3 Å². The Hall–Kier alpha value is -2.26. The van der Waals surface area contributed by atoms with Crippen molar-refractivity contribution in [3.63, 3.8) is 0 Å². The summed E-state index contributed by atoms with van der Waals surface area (Å²) in [5, 5.41) is 20.5. The number of allylic oxidation sites excluding steroid dienone is 1. The summed E-state index contributed by atoms with van der Waals surface area (Å²) in [7, 11) is 2.87. The monoisotopic (exact) mass is 493 g/mol. The molecule has 0 aromatic carbocycles. The first-order valence-electron chi connectivity index (χ1n) is 12.4. The maximum Gasteiger partial charge on any atom is 0.316 e. The van der Waals surface area contributed by atoms with E-state index in [1.807, 2.05) is 13.8 Å². The number of aliphatic hydroxyl groups excluding tert-OH is 2. The van der Waals surface area contributed by atoms with E-state index in [0.717, 1.165) is 5.57 Å². The van der Waals surface area contributed by atoms with Crippen molar-refractivity contribution < 1.29 is 38.9 Å². The molecule has 0 saturated heterocycles. The van der Waals surface area contributed by atoms with Crippen molar-refractivity contribution in [2.45, 2.75) is 65.6 Å². The Morgan fingerprint density at radius 1 is 1.23 bits per heavy atom. The molecule has 0 aliphatic heterocycles. The standard InChI is InChI=1S/C26H39NO8/c1-14-16(13-19(30)27(5)11-12-28)7-8-17-20(14)21(31)22(32)23-25(17,3)10-9-18(35-15(2)29)26(23,4)24(33)34-6/h13-14,17-18,20-21,23,28,31H,7-12H2,1-6H3/b16-13+/t14-,17-,18-,20-,21+,23+,25+,26-/m0/s1. The van der Waals surface area contributed by atoms with Gasteiger partial charge in [-0.2, -0.15) is 0 Å². The van der Waals surface area contributed by atoms with E-state index in [0.29, 0.717) is 25.7 Å². The molecule has 0 spiro atoms. The largest absolute Gasteiger partial charge is 0.468 e. The zero-order chi connectivity index (χ0) is 26.3. The number of carbonyl (C=O) groups excluding carboxylic acids is 4. The minimum absolute atomic E-state index is 0.0696. The number of nitrogens with zero attached hydrogens (tertiary/aromatic N) is 1. The number of ether oxygens (including phenoxy) is 2. The molecule has 2 N–H and O–H groups in total. The van der Waals surface area contributed by atoms with E-state index >= 15 is 0 Å². The zero-order valence-corrected chi connectivity index (χ0v) is 21.6. The van der Waals surface area contributed by atoms with E-state index in [-0.39, 0.29) is 30.9 Å². The number of carbonyl (C=O) groups is 4. The fourth-order valence-electron chi connectivity index (χ4n) is 7.32. The van der Waals surface area contributed by atoms with Gasteiger partial charge in [0.15, 0.2) is 5.78 Å². The first-order chi connectivity index (χ1) is 16.3. The summed E-state index contributed by atoms with van der Waals surface area (Å²) in [4.78, 5) is 52.8. The van der Waals surface area contributed by atoms with Gasteiger partial charge in [0.1, 0.15) is 17.6 Å². The van der Waals surface area contributed by atoms with Crippen molar-refractivity contribution in [2.24, 2.45) is 34.5 Å². The van der Waals surface area contributed by atoms with Gasteiger partial charge >= 0.3 is 11.9 Å². The molecule has 0 bridgehead atoms. The number of rotatable bonds is 5. The summed E-state index contributed by atoms with van der Waals surface area (Å²) in [6.07, 6.45) is 1.68. The van der Waals surface area contributed by atoms with Crippen LogP contribution in [0.1, 0.15) is 53.4 Å². The fourth-order valence-corrected chi connectivity index (χ4v) is 7.32. The van der Waals surface area contributed by atoms with E-state index in [1.54, 1.807) is 20.0 Å². The quantitative estimate of drug-likeness (QED) is 0.435. The molecular formula is C26H39NO8. The zero-order valence-electron chi connectivity index (χ0n) is 21.6. The highest BCUT2D eigenvalue weighted by Crippen LogP contribution is 2.64. The molecule has 1 amide bonds. The van der Waals surface area contributed by atoms with Gasteiger partial charge in [-0.15, -0.1) is 0 Å². The van der Waals surface area contributed by atoms with Gasteiger partial charge in [-0.3, -0.25) is 19.2 Å². The normalized spacial score (nSPS) is 39.9.